The second kappa shape index (κ2) is 6.38. The van der Waals surface area contributed by atoms with Crippen molar-refractivity contribution in [2.45, 2.75) is 24.8 Å². The number of halogens is 3. The molecule has 0 unspecified atom stereocenters. The Morgan fingerprint density at radius 2 is 2.00 bits per heavy atom. The number of nitrogens with one attached hydrogen (secondary N) is 1. The van der Waals surface area contributed by atoms with Gasteiger partial charge in [-0.2, -0.15) is 4.72 Å². The van der Waals surface area contributed by atoms with Crippen LogP contribution in [-0.4, -0.2) is 25.5 Å². The fraction of sp³-hybridized carbons (Fsp3) is 0.364. The summed E-state index contributed by atoms with van der Waals surface area (Å²) in [7, 11) is -4.33. The van der Waals surface area contributed by atoms with Crippen LogP contribution in [0.15, 0.2) is 21.5 Å². The molecule has 2 N–H and O–H groups in total. The van der Waals surface area contributed by atoms with Crippen LogP contribution in [0.2, 0.25) is 5.02 Å². The van der Waals surface area contributed by atoms with Crippen LogP contribution in [-0.2, 0) is 14.8 Å². The van der Waals surface area contributed by atoms with Crippen LogP contribution in [0, 0.1) is 11.7 Å². The van der Waals surface area contributed by atoms with Crippen molar-refractivity contribution in [1.82, 2.24) is 4.72 Å². The van der Waals surface area contributed by atoms with E-state index in [0.717, 1.165) is 12.1 Å². The van der Waals surface area contributed by atoms with Crippen molar-refractivity contribution in [2.24, 2.45) is 5.92 Å². The summed E-state index contributed by atoms with van der Waals surface area (Å²) < 4.78 is 40.0. The van der Waals surface area contributed by atoms with Gasteiger partial charge >= 0.3 is 5.97 Å². The molecule has 0 saturated carbocycles. The Morgan fingerprint density at radius 3 is 2.45 bits per heavy atom. The summed E-state index contributed by atoms with van der Waals surface area (Å²) >= 11 is 8.69. The van der Waals surface area contributed by atoms with Crippen LogP contribution >= 0.6 is 27.5 Å². The molecule has 1 rings (SSSR count). The van der Waals surface area contributed by atoms with Gasteiger partial charge in [-0.25, -0.2) is 12.8 Å². The summed E-state index contributed by atoms with van der Waals surface area (Å²) in [5.41, 5.74) is 0. The first-order chi connectivity index (χ1) is 9.06. The number of carboxylic acids is 1. The molecule has 0 aliphatic rings. The van der Waals surface area contributed by atoms with Crippen LogP contribution in [0.3, 0.4) is 0 Å². The van der Waals surface area contributed by atoms with Crippen molar-refractivity contribution in [1.29, 1.82) is 0 Å². The van der Waals surface area contributed by atoms with Gasteiger partial charge < -0.3 is 5.11 Å². The van der Waals surface area contributed by atoms with Gasteiger partial charge in [-0.15, -0.1) is 0 Å². The second-order valence-electron chi connectivity index (χ2n) is 4.38. The van der Waals surface area contributed by atoms with E-state index in [1.165, 1.54) is 13.8 Å². The molecule has 5 nitrogen and oxygen atoms in total. The number of rotatable bonds is 5. The monoisotopic (exact) mass is 387 g/mol. The number of aliphatic carboxylic acids is 1. The van der Waals surface area contributed by atoms with E-state index in [-0.39, 0.29) is 9.50 Å². The molecular formula is C11H12BrClFNO4S. The lowest BCUT2D eigenvalue weighted by atomic mass is 10.1. The molecule has 1 aromatic carbocycles. The third kappa shape index (κ3) is 3.91. The lowest BCUT2D eigenvalue weighted by Crippen LogP contribution is -2.44. The smallest absolute Gasteiger partial charge is 0.322 e. The largest absolute Gasteiger partial charge is 0.480 e. The minimum Gasteiger partial charge on any atom is -0.480 e. The van der Waals surface area contributed by atoms with E-state index in [2.05, 4.69) is 15.9 Å². The van der Waals surface area contributed by atoms with Crippen molar-refractivity contribution in [3.05, 3.63) is 27.4 Å². The highest BCUT2D eigenvalue weighted by molar-refractivity contribution is 9.10. The second-order valence-corrected chi connectivity index (χ2v) is 7.32. The molecule has 0 aliphatic heterocycles. The minimum atomic E-state index is -4.33. The molecule has 1 aromatic rings. The summed E-state index contributed by atoms with van der Waals surface area (Å²) in [5.74, 6) is -2.87. The first-order valence-electron chi connectivity index (χ1n) is 5.46. The summed E-state index contributed by atoms with van der Waals surface area (Å²) in [5, 5.41) is 8.97. The fourth-order valence-corrected chi connectivity index (χ4v) is 3.38. The molecule has 0 spiro atoms. The number of carbonyl (C=O) groups is 1. The molecular weight excluding hydrogens is 377 g/mol. The van der Waals surface area contributed by atoms with Crippen LogP contribution in [0.4, 0.5) is 4.39 Å². The van der Waals surface area contributed by atoms with Gasteiger partial charge in [0, 0.05) is 4.47 Å². The highest BCUT2D eigenvalue weighted by atomic mass is 79.9. The van der Waals surface area contributed by atoms with Crippen molar-refractivity contribution in [3.8, 4) is 0 Å². The van der Waals surface area contributed by atoms with E-state index in [4.69, 9.17) is 16.7 Å². The molecule has 0 aromatic heterocycles. The van der Waals surface area contributed by atoms with Gasteiger partial charge in [-0.05, 0) is 34.0 Å². The van der Waals surface area contributed by atoms with Gasteiger partial charge in [0.05, 0.1) is 5.02 Å². The van der Waals surface area contributed by atoms with Crippen LogP contribution in [0.1, 0.15) is 13.8 Å². The quantitative estimate of drug-likeness (QED) is 0.760. The average molecular weight is 389 g/mol. The summed E-state index contributed by atoms with van der Waals surface area (Å²) in [6.45, 7) is 3.07. The zero-order chi connectivity index (χ0) is 15.7. The van der Waals surface area contributed by atoms with Gasteiger partial charge in [0.15, 0.2) is 0 Å². The molecule has 1 atom stereocenters. The van der Waals surface area contributed by atoms with Gasteiger partial charge in [0.1, 0.15) is 16.8 Å². The van der Waals surface area contributed by atoms with Gasteiger partial charge in [0.2, 0.25) is 10.0 Å². The van der Waals surface area contributed by atoms with Crippen molar-refractivity contribution >= 4 is 43.5 Å². The normalized spacial score (nSPS) is 13.5. The maximum absolute atomic E-state index is 13.7. The molecule has 0 radical (unpaired) electrons. The molecule has 0 bridgehead atoms. The number of sulfonamides is 1. The van der Waals surface area contributed by atoms with Gasteiger partial charge in [0.25, 0.3) is 0 Å². The molecule has 0 heterocycles. The Bertz CT molecular complexity index is 636. The zero-order valence-electron chi connectivity index (χ0n) is 10.5. The molecule has 0 aliphatic carbocycles. The lowest BCUT2D eigenvalue weighted by molar-refractivity contribution is -0.140. The Morgan fingerprint density at radius 1 is 1.45 bits per heavy atom. The Kier molecular flexibility index (Phi) is 5.54. The Hall–Kier alpha value is -0.700. The fourth-order valence-electron chi connectivity index (χ4n) is 1.41. The standard InChI is InChI=1S/C11H12BrClFNO4S/c1-5(2)10(11(16)17)15-20(18,19)9-4-7(13)6(12)3-8(9)14/h3-5,10,15H,1-2H3,(H,16,17)/t10-/m1/s1. The predicted molar refractivity (Wildman–Crippen MR) is 75.7 cm³/mol. The average Bonchev–Trinajstić information content (AvgIpc) is 2.30. The molecule has 0 saturated heterocycles. The Balaban J connectivity index is 3.24. The third-order valence-corrected chi connectivity index (χ3v) is 5.13. The summed E-state index contributed by atoms with van der Waals surface area (Å²) in [6, 6.07) is 0.465. The third-order valence-electron chi connectivity index (χ3n) is 2.48. The topological polar surface area (TPSA) is 83.5 Å². The summed E-state index contributed by atoms with van der Waals surface area (Å²) in [4.78, 5) is 10.3. The molecule has 9 heteroatoms. The number of benzene rings is 1. The molecule has 20 heavy (non-hydrogen) atoms. The predicted octanol–water partition coefficient (Wildman–Crippen LogP) is 2.63. The van der Waals surface area contributed by atoms with E-state index in [9.17, 15) is 17.6 Å². The number of hydrogen-bond donors (Lipinski definition) is 2. The van der Waals surface area contributed by atoms with Gasteiger partial charge in [-0.1, -0.05) is 25.4 Å². The van der Waals surface area contributed by atoms with E-state index in [1.807, 2.05) is 4.72 Å². The number of carboxylic acid groups (broad SMARTS) is 1. The molecule has 0 fully saturated rings. The maximum Gasteiger partial charge on any atom is 0.322 e. The highest BCUT2D eigenvalue weighted by Gasteiger charge is 2.30. The SMILES string of the molecule is CC(C)[C@@H](NS(=O)(=O)c1cc(Cl)c(Br)cc1F)C(=O)O. The summed E-state index contributed by atoms with van der Waals surface area (Å²) in [6.07, 6.45) is 0. The first kappa shape index (κ1) is 17.4. The Labute approximate surface area is 129 Å². The lowest BCUT2D eigenvalue weighted by Gasteiger charge is -2.18. The van der Waals surface area contributed by atoms with E-state index in [0.29, 0.717) is 0 Å². The van der Waals surface area contributed by atoms with Crippen LogP contribution < -0.4 is 4.72 Å². The minimum absolute atomic E-state index is 0.00296. The van der Waals surface area contributed by atoms with Gasteiger partial charge in [-0.3, -0.25) is 4.79 Å². The van der Waals surface area contributed by atoms with Crippen LogP contribution in [0.5, 0.6) is 0 Å². The van der Waals surface area contributed by atoms with Crippen molar-refractivity contribution in [3.63, 3.8) is 0 Å². The molecule has 112 valence electrons. The number of hydrogen-bond acceptors (Lipinski definition) is 3. The van der Waals surface area contributed by atoms with Crippen molar-refractivity contribution in [2.75, 3.05) is 0 Å². The van der Waals surface area contributed by atoms with Crippen LogP contribution in [0.25, 0.3) is 0 Å². The van der Waals surface area contributed by atoms with E-state index >= 15 is 0 Å². The highest BCUT2D eigenvalue weighted by Crippen LogP contribution is 2.28. The zero-order valence-corrected chi connectivity index (χ0v) is 13.7. The maximum atomic E-state index is 13.7. The van der Waals surface area contributed by atoms with E-state index < -0.39 is 38.7 Å². The first-order valence-corrected chi connectivity index (χ1v) is 8.11. The van der Waals surface area contributed by atoms with E-state index in [1.54, 1.807) is 0 Å². The molecule has 0 amide bonds. The van der Waals surface area contributed by atoms with Crippen molar-refractivity contribution < 1.29 is 22.7 Å².